The molecule has 0 radical (unpaired) electrons. The van der Waals surface area contributed by atoms with Gasteiger partial charge in [-0.25, -0.2) is 0 Å². The molecule has 1 aromatic rings. The van der Waals surface area contributed by atoms with Gasteiger partial charge in [0.2, 0.25) is 17.7 Å². The molecule has 1 aromatic heterocycles. The molecule has 6 nitrogen and oxygen atoms in total. The molecule has 3 rings (SSSR count). The molecule has 0 spiro atoms. The predicted molar refractivity (Wildman–Crippen MR) is 75.6 cm³/mol. The third-order valence-electron chi connectivity index (χ3n) is 4.27. The van der Waals surface area contributed by atoms with Crippen molar-refractivity contribution in [1.82, 2.24) is 15.1 Å². The van der Waals surface area contributed by atoms with Gasteiger partial charge in [0.05, 0.1) is 0 Å². The highest BCUT2D eigenvalue weighted by atomic mass is 16.5. The molecule has 1 atom stereocenters. The molecule has 0 aromatic carbocycles. The fraction of sp³-hybridized carbons (Fsp3) is 0.667. The van der Waals surface area contributed by atoms with Crippen molar-refractivity contribution < 1.29 is 13.9 Å². The molecule has 2 aliphatic rings. The number of hydrogen-bond acceptors (Lipinski definition) is 5. The number of hydrogen-bond donors (Lipinski definition) is 0. The minimum absolute atomic E-state index is 0.0643. The van der Waals surface area contributed by atoms with Crippen molar-refractivity contribution in [1.29, 1.82) is 0 Å². The minimum atomic E-state index is -0.106. The summed E-state index contributed by atoms with van der Waals surface area (Å²) in [7, 11) is 0. The highest BCUT2D eigenvalue weighted by Gasteiger charge is 2.32. The topological polar surface area (TPSA) is 68.5 Å². The number of rotatable bonds is 3. The normalized spacial score (nSPS) is 24.0. The average molecular weight is 291 g/mol. The highest BCUT2D eigenvalue weighted by molar-refractivity contribution is 5.87. The lowest BCUT2D eigenvalue weighted by Gasteiger charge is -2.32. The van der Waals surface area contributed by atoms with Crippen molar-refractivity contribution in [3.8, 4) is 0 Å². The molecule has 2 fully saturated rings. The number of amides is 1. The SMILES string of the molecule is C=CC(=O)N1CCCC[C@@H]1c1nnc(C2CCOCC2)o1. The van der Waals surface area contributed by atoms with E-state index in [2.05, 4.69) is 16.8 Å². The maximum Gasteiger partial charge on any atom is 0.246 e. The van der Waals surface area contributed by atoms with Gasteiger partial charge in [0.25, 0.3) is 0 Å². The minimum Gasteiger partial charge on any atom is -0.423 e. The van der Waals surface area contributed by atoms with Crippen molar-refractivity contribution in [2.45, 2.75) is 44.1 Å². The third-order valence-corrected chi connectivity index (χ3v) is 4.27. The molecule has 2 saturated heterocycles. The van der Waals surface area contributed by atoms with E-state index in [1.807, 2.05) is 0 Å². The third kappa shape index (κ3) is 3.00. The summed E-state index contributed by atoms with van der Waals surface area (Å²) in [5.74, 6) is 1.47. The number of carbonyl (C=O) groups excluding carboxylic acids is 1. The zero-order chi connectivity index (χ0) is 14.7. The maximum absolute atomic E-state index is 12.0. The number of aromatic nitrogens is 2. The quantitative estimate of drug-likeness (QED) is 0.799. The Morgan fingerprint density at radius 1 is 1.19 bits per heavy atom. The van der Waals surface area contributed by atoms with Gasteiger partial charge in [-0.1, -0.05) is 6.58 Å². The summed E-state index contributed by atoms with van der Waals surface area (Å²) >= 11 is 0. The van der Waals surface area contributed by atoms with Gasteiger partial charge in [-0.15, -0.1) is 10.2 Å². The van der Waals surface area contributed by atoms with Crippen LogP contribution in [0, 0.1) is 0 Å². The first-order valence-corrected chi connectivity index (χ1v) is 7.63. The smallest absolute Gasteiger partial charge is 0.246 e. The molecule has 114 valence electrons. The van der Waals surface area contributed by atoms with Crippen LogP contribution in [0.4, 0.5) is 0 Å². The van der Waals surface area contributed by atoms with Crippen LogP contribution >= 0.6 is 0 Å². The predicted octanol–water partition coefficient (Wildman–Crippen LogP) is 2.20. The Kier molecular flexibility index (Phi) is 4.34. The summed E-state index contributed by atoms with van der Waals surface area (Å²) in [5.41, 5.74) is 0. The van der Waals surface area contributed by atoms with E-state index < -0.39 is 0 Å². The number of carbonyl (C=O) groups is 1. The molecule has 0 N–H and O–H groups in total. The van der Waals surface area contributed by atoms with Crippen molar-refractivity contribution in [2.75, 3.05) is 19.8 Å². The molecule has 0 aliphatic carbocycles. The first kappa shape index (κ1) is 14.3. The van der Waals surface area contributed by atoms with Crippen LogP contribution in [0.2, 0.25) is 0 Å². The van der Waals surface area contributed by atoms with Gasteiger partial charge in [-0.05, 0) is 38.2 Å². The standard InChI is InChI=1S/C15H21N3O3/c1-2-13(19)18-8-4-3-5-12(18)15-17-16-14(21-15)11-6-9-20-10-7-11/h2,11-12H,1,3-10H2/t12-/m1/s1. The average Bonchev–Trinajstić information content (AvgIpc) is 3.05. The van der Waals surface area contributed by atoms with Crippen molar-refractivity contribution >= 4 is 5.91 Å². The summed E-state index contributed by atoms with van der Waals surface area (Å²) in [6.07, 6.45) is 6.14. The molecule has 0 unspecified atom stereocenters. The lowest BCUT2D eigenvalue weighted by Crippen LogP contribution is -2.37. The van der Waals surface area contributed by atoms with Crippen LogP contribution in [-0.4, -0.2) is 40.8 Å². The summed E-state index contributed by atoms with van der Waals surface area (Å²) in [5, 5.41) is 8.39. The van der Waals surface area contributed by atoms with E-state index in [1.54, 1.807) is 4.90 Å². The fourth-order valence-corrected chi connectivity index (χ4v) is 3.06. The second-order valence-electron chi connectivity index (χ2n) is 5.61. The number of ether oxygens (including phenoxy) is 1. The van der Waals surface area contributed by atoms with Crippen LogP contribution in [0.3, 0.4) is 0 Å². The van der Waals surface area contributed by atoms with E-state index in [1.165, 1.54) is 6.08 Å². The molecule has 0 saturated carbocycles. The molecule has 0 bridgehead atoms. The van der Waals surface area contributed by atoms with Gasteiger partial charge < -0.3 is 14.1 Å². The van der Waals surface area contributed by atoms with Crippen LogP contribution in [0.15, 0.2) is 17.1 Å². The Morgan fingerprint density at radius 3 is 2.71 bits per heavy atom. The van der Waals surface area contributed by atoms with Gasteiger partial charge in [-0.3, -0.25) is 4.79 Å². The fourth-order valence-electron chi connectivity index (χ4n) is 3.06. The van der Waals surface area contributed by atoms with Gasteiger partial charge >= 0.3 is 0 Å². The van der Waals surface area contributed by atoms with Crippen LogP contribution in [-0.2, 0) is 9.53 Å². The van der Waals surface area contributed by atoms with Crippen LogP contribution in [0.25, 0.3) is 0 Å². The Balaban J connectivity index is 1.77. The number of nitrogens with zero attached hydrogens (tertiary/aromatic N) is 3. The Hall–Kier alpha value is -1.69. The second-order valence-corrected chi connectivity index (χ2v) is 5.61. The monoisotopic (exact) mass is 291 g/mol. The van der Waals surface area contributed by atoms with Crippen molar-refractivity contribution in [3.63, 3.8) is 0 Å². The summed E-state index contributed by atoms with van der Waals surface area (Å²) < 4.78 is 11.2. The zero-order valence-corrected chi connectivity index (χ0v) is 12.2. The van der Waals surface area contributed by atoms with Gasteiger partial charge in [0.1, 0.15) is 6.04 Å². The molecule has 1 amide bonds. The Bertz CT molecular complexity index is 508. The lowest BCUT2D eigenvalue weighted by molar-refractivity contribution is -0.130. The van der Waals surface area contributed by atoms with Crippen molar-refractivity contribution in [2.24, 2.45) is 0 Å². The van der Waals surface area contributed by atoms with E-state index in [0.29, 0.717) is 11.8 Å². The zero-order valence-electron chi connectivity index (χ0n) is 12.2. The van der Waals surface area contributed by atoms with Gasteiger partial charge in [-0.2, -0.15) is 0 Å². The molecular formula is C15H21N3O3. The Labute approximate surface area is 124 Å². The second kappa shape index (κ2) is 6.39. The van der Waals surface area contributed by atoms with Gasteiger partial charge in [0.15, 0.2) is 0 Å². The number of likely N-dealkylation sites (tertiary alicyclic amines) is 1. The van der Waals surface area contributed by atoms with E-state index in [0.717, 1.165) is 51.9 Å². The summed E-state index contributed by atoms with van der Waals surface area (Å²) in [6.45, 7) is 5.78. The van der Waals surface area contributed by atoms with E-state index in [-0.39, 0.29) is 17.9 Å². The van der Waals surface area contributed by atoms with Crippen LogP contribution in [0.5, 0.6) is 0 Å². The molecule has 6 heteroatoms. The summed E-state index contributed by atoms with van der Waals surface area (Å²) in [4.78, 5) is 13.8. The van der Waals surface area contributed by atoms with Crippen LogP contribution in [0.1, 0.15) is 55.8 Å². The molecule has 3 heterocycles. The van der Waals surface area contributed by atoms with Crippen molar-refractivity contribution in [3.05, 3.63) is 24.4 Å². The van der Waals surface area contributed by atoms with E-state index in [9.17, 15) is 4.79 Å². The largest absolute Gasteiger partial charge is 0.423 e. The number of piperidine rings is 1. The first-order chi connectivity index (χ1) is 10.3. The van der Waals surface area contributed by atoms with Crippen LogP contribution < -0.4 is 0 Å². The molecule has 21 heavy (non-hydrogen) atoms. The highest BCUT2D eigenvalue weighted by Crippen LogP contribution is 2.33. The molecular weight excluding hydrogens is 270 g/mol. The maximum atomic E-state index is 12.0. The summed E-state index contributed by atoms with van der Waals surface area (Å²) in [6, 6.07) is -0.106. The van der Waals surface area contributed by atoms with Gasteiger partial charge in [0, 0.05) is 25.7 Å². The van der Waals surface area contributed by atoms with E-state index >= 15 is 0 Å². The lowest BCUT2D eigenvalue weighted by atomic mass is 10.0. The molecule has 2 aliphatic heterocycles. The first-order valence-electron chi connectivity index (χ1n) is 7.63. The Morgan fingerprint density at radius 2 is 1.95 bits per heavy atom. The van der Waals surface area contributed by atoms with E-state index in [4.69, 9.17) is 9.15 Å².